The van der Waals surface area contributed by atoms with Gasteiger partial charge in [-0.25, -0.2) is 0 Å². The molecule has 1 aromatic carbocycles. The number of carbonyl (C=O) groups is 1. The van der Waals surface area contributed by atoms with E-state index in [-0.39, 0.29) is 18.0 Å². The van der Waals surface area contributed by atoms with Crippen LogP contribution in [0.4, 0.5) is 0 Å². The molecule has 110 valence electrons. The van der Waals surface area contributed by atoms with E-state index >= 15 is 0 Å². The lowest BCUT2D eigenvalue weighted by Crippen LogP contribution is -2.47. The fraction of sp³-hybridized carbons (Fsp3) is 0.588. The number of benzene rings is 1. The zero-order valence-corrected chi connectivity index (χ0v) is 12.8. The summed E-state index contributed by atoms with van der Waals surface area (Å²) >= 11 is 0. The average molecular weight is 274 g/mol. The molecular weight excluding hydrogens is 248 g/mol. The Balaban J connectivity index is 2.10. The van der Waals surface area contributed by atoms with Gasteiger partial charge in [-0.05, 0) is 56.3 Å². The van der Waals surface area contributed by atoms with Crippen LogP contribution in [0.15, 0.2) is 18.2 Å². The second kappa shape index (κ2) is 6.89. The van der Waals surface area contributed by atoms with Gasteiger partial charge in [-0.15, -0.1) is 0 Å². The zero-order valence-electron chi connectivity index (χ0n) is 12.8. The molecule has 1 aromatic rings. The van der Waals surface area contributed by atoms with Gasteiger partial charge in [-0.3, -0.25) is 4.79 Å². The number of piperidine rings is 1. The van der Waals surface area contributed by atoms with Crippen molar-refractivity contribution < 1.29 is 4.79 Å². The van der Waals surface area contributed by atoms with Crippen molar-refractivity contribution in [3.05, 3.63) is 34.9 Å². The van der Waals surface area contributed by atoms with Crippen LogP contribution in [0, 0.1) is 13.8 Å². The van der Waals surface area contributed by atoms with E-state index in [1.807, 2.05) is 0 Å². The summed E-state index contributed by atoms with van der Waals surface area (Å²) in [7, 11) is 0. The van der Waals surface area contributed by atoms with E-state index < -0.39 is 0 Å². The first-order chi connectivity index (χ1) is 9.63. The van der Waals surface area contributed by atoms with Crippen molar-refractivity contribution in [3.63, 3.8) is 0 Å². The number of hydrogen-bond donors (Lipinski definition) is 2. The van der Waals surface area contributed by atoms with Crippen LogP contribution in [-0.4, -0.2) is 18.5 Å². The Morgan fingerprint density at radius 3 is 2.60 bits per heavy atom. The molecule has 1 amide bonds. The highest BCUT2D eigenvalue weighted by atomic mass is 16.2. The summed E-state index contributed by atoms with van der Waals surface area (Å²) in [6.45, 7) is 7.33. The molecule has 3 nitrogen and oxygen atoms in total. The number of rotatable bonds is 4. The van der Waals surface area contributed by atoms with Gasteiger partial charge >= 0.3 is 0 Å². The molecule has 0 bridgehead atoms. The quantitative estimate of drug-likeness (QED) is 0.886. The maximum Gasteiger partial charge on any atom is 0.237 e. The van der Waals surface area contributed by atoms with Crippen molar-refractivity contribution in [2.24, 2.45) is 0 Å². The SMILES string of the molecule is CC[C@H](NC(=O)C1CCCCN1)c1c(C)cccc1C. The second-order valence-electron chi connectivity index (χ2n) is 5.78. The minimum Gasteiger partial charge on any atom is -0.348 e. The average Bonchev–Trinajstić information content (AvgIpc) is 2.46. The predicted molar refractivity (Wildman–Crippen MR) is 82.7 cm³/mol. The van der Waals surface area contributed by atoms with Crippen LogP contribution in [0.3, 0.4) is 0 Å². The van der Waals surface area contributed by atoms with Gasteiger partial charge in [0, 0.05) is 0 Å². The molecule has 2 N–H and O–H groups in total. The van der Waals surface area contributed by atoms with Gasteiger partial charge in [-0.1, -0.05) is 31.5 Å². The molecule has 2 atom stereocenters. The van der Waals surface area contributed by atoms with Gasteiger partial charge in [0.2, 0.25) is 5.91 Å². The summed E-state index contributed by atoms with van der Waals surface area (Å²) in [4.78, 5) is 12.4. The van der Waals surface area contributed by atoms with Crippen LogP contribution in [0.5, 0.6) is 0 Å². The Morgan fingerprint density at radius 2 is 2.05 bits per heavy atom. The first-order valence-electron chi connectivity index (χ1n) is 7.73. The van der Waals surface area contributed by atoms with E-state index in [1.165, 1.54) is 23.1 Å². The number of aryl methyl sites for hydroxylation is 2. The van der Waals surface area contributed by atoms with E-state index in [0.29, 0.717) is 0 Å². The fourth-order valence-electron chi connectivity index (χ4n) is 3.10. The molecule has 2 rings (SSSR count). The summed E-state index contributed by atoms with van der Waals surface area (Å²) in [6.07, 6.45) is 4.20. The number of carbonyl (C=O) groups excluding carboxylic acids is 1. The molecule has 1 heterocycles. The van der Waals surface area contributed by atoms with Gasteiger partial charge in [0.15, 0.2) is 0 Å². The normalized spacial score (nSPS) is 20.4. The Bertz CT molecular complexity index is 444. The lowest BCUT2D eigenvalue weighted by Gasteiger charge is -2.27. The standard InChI is InChI=1S/C17H26N2O/c1-4-14(16-12(2)8-7-9-13(16)3)19-17(20)15-10-5-6-11-18-15/h7-9,14-15,18H,4-6,10-11H2,1-3H3,(H,19,20)/t14-,15?/m0/s1. The molecule has 0 aromatic heterocycles. The van der Waals surface area contributed by atoms with E-state index in [1.54, 1.807) is 0 Å². The van der Waals surface area contributed by atoms with Crippen molar-refractivity contribution in [1.82, 2.24) is 10.6 Å². The minimum absolute atomic E-state index is 0.0119. The minimum atomic E-state index is -0.0119. The highest BCUT2D eigenvalue weighted by Gasteiger charge is 2.24. The summed E-state index contributed by atoms with van der Waals surface area (Å²) < 4.78 is 0. The number of hydrogen-bond acceptors (Lipinski definition) is 2. The van der Waals surface area contributed by atoms with Crippen LogP contribution < -0.4 is 10.6 Å². The van der Waals surface area contributed by atoms with Gasteiger partial charge in [0.25, 0.3) is 0 Å². The molecule has 0 spiro atoms. The summed E-state index contributed by atoms with van der Waals surface area (Å²) in [5.74, 6) is 0.152. The number of nitrogens with one attached hydrogen (secondary N) is 2. The van der Waals surface area contributed by atoms with Gasteiger partial charge in [0.1, 0.15) is 0 Å². The molecule has 20 heavy (non-hydrogen) atoms. The molecule has 1 fully saturated rings. The number of amides is 1. The molecule has 1 unspecified atom stereocenters. The van der Waals surface area contributed by atoms with E-state index in [9.17, 15) is 4.79 Å². The molecule has 0 radical (unpaired) electrons. The monoisotopic (exact) mass is 274 g/mol. The Hall–Kier alpha value is -1.35. The molecular formula is C17H26N2O. The Kier molecular flexibility index (Phi) is 5.18. The maximum absolute atomic E-state index is 12.4. The summed E-state index contributed by atoms with van der Waals surface area (Å²) in [5, 5.41) is 6.55. The second-order valence-corrected chi connectivity index (χ2v) is 5.78. The zero-order chi connectivity index (χ0) is 14.5. The predicted octanol–water partition coefficient (Wildman–Crippen LogP) is 3.01. The van der Waals surface area contributed by atoms with Crippen molar-refractivity contribution in [2.75, 3.05) is 6.54 Å². The molecule has 0 aliphatic carbocycles. The van der Waals surface area contributed by atoms with E-state index in [0.717, 1.165) is 25.8 Å². The van der Waals surface area contributed by atoms with Gasteiger partial charge in [-0.2, -0.15) is 0 Å². The highest BCUT2D eigenvalue weighted by Crippen LogP contribution is 2.24. The van der Waals surface area contributed by atoms with E-state index in [4.69, 9.17) is 0 Å². The molecule has 3 heteroatoms. The van der Waals surface area contributed by atoms with Crippen LogP contribution in [0.1, 0.15) is 55.3 Å². The molecule has 1 aliphatic heterocycles. The fourth-order valence-corrected chi connectivity index (χ4v) is 3.10. The lowest BCUT2D eigenvalue weighted by molar-refractivity contribution is -0.124. The smallest absolute Gasteiger partial charge is 0.237 e. The summed E-state index contributed by atoms with van der Waals surface area (Å²) in [5.41, 5.74) is 3.79. The molecule has 1 aliphatic rings. The molecule has 1 saturated heterocycles. The highest BCUT2D eigenvalue weighted by molar-refractivity contribution is 5.82. The molecule has 0 saturated carbocycles. The van der Waals surface area contributed by atoms with Gasteiger partial charge in [0.05, 0.1) is 12.1 Å². The van der Waals surface area contributed by atoms with Gasteiger partial charge < -0.3 is 10.6 Å². The van der Waals surface area contributed by atoms with Crippen molar-refractivity contribution >= 4 is 5.91 Å². The maximum atomic E-state index is 12.4. The third-order valence-electron chi connectivity index (χ3n) is 4.24. The first-order valence-corrected chi connectivity index (χ1v) is 7.73. The lowest BCUT2D eigenvalue weighted by atomic mass is 9.94. The van der Waals surface area contributed by atoms with Crippen LogP contribution in [-0.2, 0) is 4.79 Å². The Morgan fingerprint density at radius 1 is 1.35 bits per heavy atom. The van der Waals surface area contributed by atoms with Crippen LogP contribution in [0.2, 0.25) is 0 Å². The summed E-state index contributed by atoms with van der Waals surface area (Å²) in [6, 6.07) is 6.42. The topological polar surface area (TPSA) is 41.1 Å². The van der Waals surface area contributed by atoms with Crippen LogP contribution in [0.25, 0.3) is 0 Å². The largest absolute Gasteiger partial charge is 0.348 e. The third-order valence-corrected chi connectivity index (χ3v) is 4.24. The van der Waals surface area contributed by atoms with Crippen LogP contribution >= 0.6 is 0 Å². The first kappa shape index (κ1) is 15.0. The third kappa shape index (κ3) is 3.40. The Labute approximate surface area is 122 Å². The van der Waals surface area contributed by atoms with Crippen molar-refractivity contribution in [2.45, 2.75) is 58.5 Å². The van der Waals surface area contributed by atoms with Crippen molar-refractivity contribution in [1.29, 1.82) is 0 Å². The van der Waals surface area contributed by atoms with Crippen molar-refractivity contribution in [3.8, 4) is 0 Å². The van der Waals surface area contributed by atoms with E-state index in [2.05, 4.69) is 49.6 Å².